The van der Waals surface area contributed by atoms with Crippen molar-refractivity contribution in [1.82, 2.24) is 0 Å². The maximum absolute atomic E-state index is 11.1. The number of hydrogen-bond acceptors (Lipinski definition) is 5. The fourth-order valence-corrected chi connectivity index (χ4v) is 0.708. The van der Waals surface area contributed by atoms with Crippen LogP contribution < -0.4 is 11.5 Å². The monoisotopic (exact) mass is 188 g/mol. The van der Waals surface area contributed by atoms with Crippen molar-refractivity contribution in [3.8, 4) is 0 Å². The van der Waals surface area contributed by atoms with E-state index in [0.717, 1.165) is 6.42 Å². The van der Waals surface area contributed by atoms with E-state index >= 15 is 0 Å². The Labute approximate surface area is 77.4 Å². The molecular formula is C8H16N2O3. The Kier molecular flexibility index (Phi) is 5.25. The highest BCUT2D eigenvalue weighted by Crippen LogP contribution is 2.06. The summed E-state index contributed by atoms with van der Waals surface area (Å²) in [7, 11) is 0. The molecule has 0 aliphatic rings. The zero-order valence-corrected chi connectivity index (χ0v) is 7.95. The van der Waals surface area contributed by atoms with Gasteiger partial charge in [-0.1, -0.05) is 20.3 Å². The van der Waals surface area contributed by atoms with E-state index in [-0.39, 0.29) is 12.5 Å². The second kappa shape index (κ2) is 5.66. The quantitative estimate of drug-likeness (QED) is 0.453. The fraction of sp³-hybridized carbons (Fsp3) is 0.750. The van der Waals surface area contributed by atoms with E-state index < -0.39 is 18.0 Å². The van der Waals surface area contributed by atoms with Gasteiger partial charge in [0.05, 0.1) is 6.54 Å². The molecule has 0 aliphatic carbocycles. The van der Waals surface area contributed by atoms with Crippen molar-refractivity contribution < 1.29 is 14.3 Å². The highest BCUT2D eigenvalue weighted by molar-refractivity contribution is 5.89. The topological polar surface area (TPSA) is 95.4 Å². The van der Waals surface area contributed by atoms with Crippen LogP contribution in [0.5, 0.6) is 0 Å². The molecule has 0 fully saturated rings. The number of rotatable bonds is 4. The third-order valence-corrected chi connectivity index (χ3v) is 1.91. The molecule has 4 N–H and O–H groups in total. The van der Waals surface area contributed by atoms with Crippen molar-refractivity contribution in [1.29, 1.82) is 0 Å². The van der Waals surface area contributed by atoms with Crippen molar-refractivity contribution in [2.45, 2.75) is 26.3 Å². The second-order valence-corrected chi connectivity index (χ2v) is 2.91. The molecule has 0 heterocycles. The van der Waals surface area contributed by atoms with Gasteiger partial charge in [0.15, 0.2) is 0 Å². The molecule has 0 amide bonds. The van der Waals surface area contributed by atoms with Crippen molar-refractivity contribution in [3.05, 3.63) is 0 Å². The van der Waals surface area contributed by atoms with Crippen LogP contribution >= 0.6 is 0 Å². The maximum Gasteiger partial charge on any atom is 0.330 e. The molecule has 0 bridgehead atoms. The van der Waals surface area contributed by atoms with E-state index in [9.17, 15) is 9.59 Å². The fourth-order valence-electron chi connectivity index (χ4n) is 0.708. The summed E-state index contributed by atoms with van der Waals surface area (Å²) < 4.78 is 4.36. The lowest BCUT2D eigenvalue weighted by Gasteiger charge is -2.15. The molecular weight excluding hydrogens is 172 g/mol. The van der Waals surface area contributed by atoms with Crippen LogP contribution in [0.25, 0.3) is 0 Å². The Balaban J connectivity index is 4.03. The average molecular weight is 188 g/mol. The number of nitrogens with two attached hydrogens (primary N) is 2. The van der Waals surface area contributed by atoms with Gasteiger partial charge < -0.3 is 16.2 Å². The molecule has 5 nitrogen and oxygen atoms in total. The first-order chi connectivity index (χ1) is 6.02. The second-order valence-electron chi connectivity index (χ2n) is 2.91. The molecule has 0 aromatic heterocycles. The van der Waals surface area contributed by atoms with Crippen LogP contribution in [0.1, 0.15) is 20.3 Å². The van der Waals surface area contributed by atoms with Crippen molar-refractivity contribution in [2.75, 3.05) is 6.54 Å². The van der Waals surface area contributed by atoms with Gasteiger partial charge in [0.25, 0.3) is 0 Å². The van der Waals surface area contributed by atoms with Crippen LogP contribution in [0.2, 0.25) is 0 Å². The first-order valence-electron chi connectivity index (χ1n) is 4.23. The van der Waals surface area contributed by atoms with Crippen LogP contribution in [0, 0.1) is 5.92 Å². The summed E-state index contributed by atoms with van der Waals surface area (Å²) in [5.74, 6) is -1.45. The first kappa shape index (κ1) is 12.1. The molecule has 0 spiro atoms. The van der Waals surface area contributed by atoms with Crippen LogP contribution in [0.4, 0.5) is 0 Å². The summed E-state index contributed by atoms with van der Waals surface area (Å²) >= 11 is 0. The largest absolute Gasteiger partial charge is 0.391 e. The maximum atomic E-state index is 11.1. The third-order valence-electron chi connectivity index (χ3n) is 1.91. The minimum Gasteiger partial charge on any atom is -0.391 e. The lowest BCUT2D eigenvalue weighted by molar-refractivity contribution is -0.160. The summed E-state index contributed by atoms with van der Waals surface area (Å²) in [5.41, 5.74) is 10.5. The Bertz CT molecular complexity index is 194. The first-order valence-corrected chi connectivity index (χ1v) is 4.23. The molecule has 0 rings (SSSR count). The molecule has 5 heteroatoms. The van der Waals surface area contributed by atoms with Crippen LogP contribution in [0.3, 0.4) is 0 Å². The minimum absolute atomic E-state index is 0.00178. The Hall–Kier alpha value is -0.940. The van der Waals surface area contributed by atoms with Gasteiger partial charge in [-0.2, -0.15) is 0 Å². The Morgan fingerprint density at radius 2 is 2.00 bits per heavy atom. The SMILES string of the molecule is CC[C@H](C)[C@H](N)C(=O)OC(=O)CN. The molecule has 0 saturated heterocycles. The van der Waals surface area contributed by atoms with Crippen LogP contribution in [-0.2, 0) is 14.3 Å². The van der Waals surface area contributed by atoms with Gasteiger partial charge in [0, 0.05) is 0 Å². The summed E-state index contributed by atoms with van der Waals surface area (Å²) in [6, 6.07) is -0.750. The number of carbonyl (C=O) groups is 2. The van der Waals surface area contributed by atoms with E-state index in [2.05, 4.69) is 4.74 Å². The molecule has 0 saturated carbocycles. The molecule has 13 heavy (non-hydrogen) atoms. The predicted octanol–water partition coefficient (Wildman–Crippen LogP) is -0.612. The van der Waals surface area contributed by atoms with Crippen molar-refractivity contribution in [2.24, 2.45) is 17.4 Å². The molecule has 2 atom stereocenters. The van der Waals surface area contributed by atoms with E-state index in [4.69, 9.17) is 11.5 Å². The summed E-state index contributed by atoms with van der Waals surface area (Å²) in [5, 5.41) is 0. The van der Waals surface area contributed by atoms with E-state index in [1.54, 1.807) is 0 Å². The van der Waals surface area contributed by atoms with Gasteiger partial charge >= 0.3 is 11.9 Å². The van der Waals surface area contributed by atoms with Gasteiger partial charge in [-0.05, 0) is 5.92 Å². The molecule has 0 aromatic rings. The average Bonchev–Trinajstić information content (AvgIpc) is 2.14. The zero-order chi connectivity index (χ0) is 10.4. The molecule has 76 valence electrons. The molecule has 0 radical (unpaired) electrons. The Morgan fingerprint density at radius 1 is 1.46 bits per heavy atom. The predicted molar refractivity (Wildman–Crippen MR) is 47.6 cm³/mol. The zero-order valence-electron chi connectivity index (χ0n) is 7.95. The number of carbonyl (C=O) groups excluding carboxylic acids is 2. The summed E-state index contributed by atoms with van der Waals surface area (Å²) in [6.07, 6.45) is 0.757. The van der Waals surface area contributed by atoms with E-state index in [0.29, 0.717) is 0 Å². The van der Waals surface area contributed by atoms with Crippen molar-refractivity contribution >= 4 is 11.9 Å². The number of hydrogen-bond donors (Lipinski definition) is 2. The normalized spacial score (nSPS) is 14.8. The standard InChI is InChI=1S/C8H16N2O3/c1-3-5(2)7(10)8(12)13-6(11)4-9/h5,7H,3-4,9-10H2,1-2H3/t5-,7-/m0/s1. The van der Waals surface area contributed by atoms with E-state index in [1.807, 2.05) is 13.8 Å². The van der Waals surface area contributed by atoms with Gasteiger partial charge in [-0.3, -0.25) is 4.79 Å². The molecule has 0 unspecified atom stereocenters. The van der Waals surface area contributed by atoms with Crippen LogP contribution in [0.15, 0.2) is 0 Å². The van der Waals surface area contributed by atoms with Gasteiger partial charge in [-0.15, -0.1) is 0 Å². The minimum atomic E-state index is -0.750. The Morgan fingerprint density at radius 3 is 2.38 bits per heavy atom. The highest BCUT2D eigenvalue weighted by atomic mass is 16.6. The van der Waals surface area contributed by atoms with Crippen LogP contribution in [-0.4, -0.2) is 24.5 Å². The lowest BCUT2D eigenvalue weighted by Crippen LogP contribution is -2.39. The van der Waals surface area contributed by atoms with Gasteiger partial charge in [0.1, 0.15) is 6.04 Å². The van der Waals surface area contributed by atoms with Gasteiger partial charge in [-0.25, -0.2) is 4.79 Å². The third kappa shape index (κ3) is 4.00. The number of ether oxygens (including phenoxy) is 1. The number of esters is 2. The molecule has 0 aliphatic heterocycles. The lowest BCUT2D eigenvalue weighted by atomic mass is 10.0. The summed E-state index contributed by atoms with van der Waals surface area (Å²) in [6.45, 7) is 3.42. The summed E-state index contributed by atoms with van der Waals surface area (Å²) in [4.78, 5) is 21.7. The van der Waals surface area contributed by atoms with E-state index in [1.165, 1.54) is 0 Å². The highest BCUT2D eigenvalue weighted by Gasteiger charge is 2.22. The smallest absolute Gasteiger partial charge is 0.330 e. The molecule has 0 aromatic carbocycles. The van der Waals surface area contributed by atoms with Crippen molar-refractivity contribution in [3.63, 3.8) is 0 Å². The van der Waals surface area contributed by atoms with Gasteiger partial charge in [0.2, 0.25) is 0 Å².